The van der Waals surface area contributed by atoms with Crippen LogP contribution in [0.1, 0.15) is 24.3 Å². The van der Waals surface area contributed by atoms with Crippen LogP contribution in [0.2, 0.25) is 0 Å². The topological polar surface area (TPSA) is 68.2 Å². The second-order valence-electron chi connectivity index (χ2n) is 5.46. The smallest absolute Gasteiger partial charge is 0.241 e. The molecule has 20 heavy (non-hydrogen) atoms. The minimum Gasteiger partial charge on any atom is -0.338 e. The van der Waals surface area contributed by atoms with Gasteiger partial charge in [0.05, 0.1) is 6.54 Å². The number of benzene rings is 1. The molecule has 106 valence electrons. The second-order valence-corrected chi connectivity index (χ2v) is 5.46. The van der Waals surface area contributed by atoms with E-state index in [0.717, 1.165) is 37.1 Å². The quantitative estimate of drug-likeness (QED) is 0.925. The summed E-state index contributed by atoms with van der Waals surface area (Å²) in [6.07, 6.45) is 2.24. The molecule has 0 saturated carbocycles. The fourth-order valence-electron chi connectivity index (χ4n) is 2.68. The molecule has 5 heteroatoms. The normalized spacial score (nSPS) is 20.2. The van der Waals surface area contributed by atoms with Gasteiger partial charge in [-0.05, 0) is 31.9 Å². The average Bonchev–Trinajstić information content (AvgIpc) is 2.87. The van der Waals surface area contributed by atoms with Crippen molar-refractivity contribution in [1.29, 1.82) is 0 Å². The van der Waals surface area contributed by atoms with E-state index in [4.69, 9.17) is 10.3 Å². The van der Waals surface area contributed by atoms with Gasteiger partial charge in [0.2, 0.25) is 11.7 Å². The first-order chi connectivity index (χ1) is 9.72. The maximum atomic E-state index is 5.99. The van der Waals surface area contributed by atoms with Crippen LogP contribution < -0.4 is 5.73 Å². The lowest BCUT2D eigenvalue weighted by Crippen LogP contribution is -2.42. The SMILES string of the molecule is Cc1ccccc1-c1noc(CN2CCCC(N)C2)n1. The van der Waals surface area contributed by atoms with Crippen LogP contribution in [-0.2, 0) is 6.54 Å². The van der Waals surface area contributed by atoms with Gasteiger partial charge < -0.3 is 10.3 Å². The van der Waals surface area contributed by atoms with E-state index in [1.54, 1.807) is 0 Å². The fraction of sp³-hybridized carbons (Fsp3) is 0.467. The van der Waals surface area contributed by atoms with Crippen molar-refractivity contribution in [3.63, 3.8) is 0 Å². The molecule has 1 saturated heterocycles. The molecule has 1 unspecified atom stereocenters. The lowest BCUT2D eigenvalue weighted by Gasteiger charge is -2.29. The minimum absolute atomic E-state index is 0.266. The molecule has 1 aromatic carbocycles. The highest BCUT2D eigenvalue weighted by atomic mass is 16.5. The van der Waals surface area contributed by atoms with Crippen LogP contribution in [0.5, 0.6) is 0 Å². The summed E-state index contributed by atoms with van der Waals surface area (Å²) in [6.45, 7) is 4.69. The number of piperidine rings is 1. The van der Waals surface area contributed by atoms with Crippen molar-refractivity contribution in [2.75, 3.05) is 13.1 Å². The summed E-state index contributed by atoms with van der Waals surface area (Å²) in [5.41, 5.74) is 8.17. The van der Waals surface area contributed by atoms with Gasteiger partial charge in [-0.2, -0.15) is 4.98 Å². The Morgan fingerprint density at radius 1 is 1.40 bits per heavy atom. The van der Waals surface area contributed by atoms with E-state index in [1.807, 2.05) is 18.2 Å². The maximum Gasteiger partial charge on any atom is 0.241 e. The first kappa shape index (κ1) is 13.3. The highest BCUT2D eigenvalue weighted by Gasteiger charge is 2.19. The number of rotatable bonds is 3. The summed E-state index contributed by atoms with van der Waals surface area (Å²) in [6, 6.07) is 8.33. The van der Waals surface area contributed by atoms with Crippen LogP contribution in [0.25, 0.3) is 11.4 Å². The Morgan fingerprint density at radius 2 is 2.25 bits per heavy atom. The molecule has 0 bridgehead atoms. The third-order valence-electron chi connectivity index (χ3n) is 3.75. The van der Waals surface area contributed by atoms with Crippen LogP contribution in [-0.4, -0.2) is 34.2 Å². The van der Waals surface area contributed by atoms with Gasteiger partial charge in [-0.3, -0.25) is 4.90 Å². The molecule has 0 aliphatic carbocycles. The van der Waals surface area contributed by atoms with Gasteiger partial charge in [-0.25, -0.2) is 0 Å². The fourth-order valence-corrected chi connectivity index (χ4v) is 2.68. The third kappa shape index (κ3) is 2.89. The zero-order chi connectivity index (χ0) is 13.9. The van der Waals surface area contributed by atoms with Crippen LogP contribution in [0.4, 0.5) is 0 Å². The Bertz CT molecular complexity index is 581. The number of nitrogens with zero attached hydrogens (tertiary/aromatic N) is 3. The summed E-state index contributed by atoms with van der Waals surface area (Å²) in [7, 11) is 0. The van der Waals surface area contributed by atoms with Gasteiger partial charge in [0, 0.05) is 18.2 Å². The summed E-state index contributed by atoms with van der Waals surface area (Å²) in [5, 5.41) is 4.09. The lowest BCUT2D eigenvalue weighted by molar-refractivity contribution is 0.178. The van der Waals surface area contributed by atoms with E-state index in [0.29, 0.717) is 18.3 Å². The summed E-state index contributed by atoms with van der Waals surface area (Å²) < 4.78 is 5.37. The molecule has 0 radical (unpaired) electrons. The van der Waals surface area contributed by atoms with Crippen LogP contribution in [0.15, 0.2) is 28.8 Å². The highest BCUT2D eigenvalue weighted by molar-refractivity contribution is 5.58. The molecule has 5 nitrogen and oxygen atoms in total. The van der Waals surface area contributed by atoms with Crippen molar-refractivity contribution >= 4 is 0 Å². The second kappa shape index (κ2) is 5.73. The molecule has 1 aromatic heterocycles. The van der Waals surface area contributed by atoms with Gasteiger partial charge in [-0.1, -0.05) is 29.4 Å². The molecule has 1 fully saturated rings. The Hall–Kier alpha value is -1.72. The van der Waals surface area contributed by atoms with Gasteiger partial charge >= 0.3 is 0 Å². The average molecular weight is 272 g/mol. The summed E-state index contributed by atoms with van der Waals surface area (Å²) >= 11 is 0. The number of nitrogens with two attached hydrogens (primary N) is 1. The molecule has 0 spiro atoms. The molecular weight excluding hydrogens is 252 g/mol. The first-order valence-electron chi connectivity index (χ1n) is 7.09. The molecule has 0 amide bonds. The van der Waals surface area contributed by atoms with E-state index in [-0.39, 0.29) is 6.04 Å². The van der Waals surface area contributed by atoms with Crippen molar-refractivity contribution in [1.82, 2.24) is 15.0 Å². The Kier molecular flexibility index (Phi) is 3.80. The number of aryl methyl sites for hydroxylation is 1. The Balaban J connectivity index is 1.72. The lowest BCUT2D eigenvalue weighted by atomic mass is 10.1. The van der Waals surface area contributed by atoms with E-state index < -0.39 is 0 Å². The van der Waals surface area contributed by atoms with Crippen molar-refractivity contribution in [3.8, 4) is 11.4 Å². The van der Waals surface area contributed by atoms with Gasteiger partial charge in [0.25, 0.3) is 0 Å². The first-order valence-corrected chi connectivity index (χ1v) is 7.09. The molecule has 2 N–H and O–H groups in total. The monoisotopic (exact) mass is 272 g/mol. The van der Waals surface area contributed by atoms with Crippen molar-refractivity contribution in [2.24, 2.45) is 5.73 Å². The molecule has 2 heterocycles. The van der Waals surface area contributed by atoms with E-state index in [9.17, 15) is 0 Å². The predicted octanol–water partition coefficient (Wildman–Crippen LogP) is 1.97. The largest absolute Gasteiger partial charge is 0.338 e. The zero-order valence-electron chi connectivity index (χ0n) is 11.7. The molecule has 1 aliphatic rings. The summed E-state index contributed by atoms with van der Waals surface area (Å²) in [5.74, 6) is 1.33. The van der Waals surface area contributed by atoms with Crippen LogP contribution in [0, 0.1) is 6.92 Å². The number of likely N-dealkylation sites (tertiary alicyclic amines) is 1. The molecular formula is C15H20N4O. The van der Waals surface area contributed by atoms with Crippen molar-refractivity contribution in [2.45, 2.75) is 32.4 Å². The third-order valence-corrected chi connectivity index (χ3v) is 3.75. The van der Waals surface area contributed by atoms with E-state index >= 15 is 0 Å². The van der Waals surface area contributed by atoms with E-state index in [2.05, 4.69) is 28.0 Å². The maximum absolute atomic E-state index is 5.99. The Labute approximate surface area is 118 Å². The molecule has 2 aromatic rings. The molecule has 3 rings (SSSR count). The summed E-state index contributed by atoms with van der Waals surface area (Å²) in [4.78, 5) is 6.78. The van der Waals surface area contributed by atoms with Gasteiger partial charge in [0.15, 0.2) is 0 Å². The minimum atomic E-state index is 0.266. The molecule has 1 aliphatic heterocycles. The number of aromatic nitrogens is 2. The Morgan fingerprint density at radius 3 is 3.05 bits per heavy atom. The van der Waals surface area contributed by atoms with Gasteiger partial charge in [-0.15, -0.1) is 0 Å². The number of hydrogen-bond donors (Lipinski definition) is 1. The van der Waals surface area contributed by atoms with Crippen LogP contribution >= 0.6 is 0 Å². The van der Waals surface area contributed by atoms with Crippen LogP contribution in [0.3, 0.4) is 0 Å². The standard InChI is InChI=1S/C15H20N4O/c1-11-5-2-3-7-13(11)15-17-14(20-18-15)10-19-8-4-6-12(16)9-19/h2-3,5,7,12H,4,6,8-10,16H2,1H3. The van der Waals surface area contributed by atoms with E-state index in [1.165, 1.54) is 0 Å². The molecule has 1 atom stereocenters. The number of hydrogen-bond acceptors (Lipinski definition) is 5. The zero-order valence-corrected chi connectivity index (χ0v) is 11.7. The van der Waals surface area contributed by atoms with Gasteiger partial charge in [0.1, 0.15) is 0 Å². The predicted molar refractivity (Wildman–Crippen MR) is 77.0 cm³/mol. The highest BCUT2D eigenvalue weighted by Crippen LogP contribution is 2.20. The van der Waals surface area contributed by atoms with Crippen molar-refractivity contribution < 1.29 is 4.52 Å². The van der Waals surface area contributed by atoms with Crippen molar-refractivity contribution in [3.05, 3.63) is 35.7 Å².